The highest BCUT2D eigenvalue weighted by atomic mass is 19.4. The van der Waals surface area contributed by atoms with Crippen LogP contribution in [0.15, 0.2) is 84.9 Å². The predicted octanol–water partition coefficient (Wildman–Crippen LogP) is 9.29. The monoisotopic (exact) mass is 959 g/mol. The van der Waals surface area contributed by atoms with Gasteiger partial charge in [0.15, 0.2) is 0 Å². The van der Waals surface area contributed by atoms with E-state index in [0.717, 1.165) is 24.3 Å². The van der Waals surface area contributed by atoms with Crippen molar-refractivity contribution < 1.29 is 103 Å². The number of carbonyl (C=O) groups is 4. The molecule has 0 unspecified atom stereocenters. The summed E-state index contributed by atoms with van der Waals surface area (Å²) in [5, 5.41) is 11.9. The average molecular weight is 960 g/mol. The number of likely N-dealkylation sites (tertiary alicyclic amines) is 2. The molecule has 354 valence electrons. The predicted molar refractivity (Wildman–Crippen MR) is 182 cm³/mol. The Labute approximate surface area is 352 Å². The van der Waals surface area contributed by atoms with E-state index in [1.807, 2.05) is 0 Å². The zero-order valence-corrected chi connectivity index (χ0v) is 31.8. The third-order valence-corrected chi connectivity index (χ3v) is 10.6. The molecule has 3 aromatic rings. The normalized spacial score (nSPS) is 20.3. The molecule has 2 heterocycles. The molecule has 0 spiro atoms. The number of ether oxygens (including phenoxy) is 1. The minimum atomic E-state index is -8.83. The molecular weight excluding hydrogens is 933 g/mol. The molecule has 0 aliphatic carbocycles. The lowest BCUT2D eigenvalue weighted by molar-refractivity contribution is -0.461. The molecule has 2 aliphatic rings. The Bertz CT molecular complexity index is 2310. The third kappa shape index (κ3) is 7.86. The van der Waals surface area contributed by atoms with Gasteiger partial charge in [0.25, 0.3) is 11.6 Å². The number of alkyl halides is 17. The van der Waals surface area contributed by atoms with Crippen LogP contribution >= 0.6 is 0 Å². The first kappa shape index (κ1) is 50.0. The number of esters is 1. The summed E-state index contributed by atoms with van der Waals surface area (Å²) in [6.45, 7) is -2.18. The van der Waals surface area contributed by atoms with E-state index in [1.54, 1.807) is 6.07 Å². The number of fused-ring (bicyclic) bond motifs is 1. The number of rotatable bonds is 16. The molecule has 2 aliphatic heterocycles. The first-order valence-corrected chi connectivity index (χ1v) is 18.1. The smallest absolute Gasteiger partial charge is 0.460 e. The van der Waals surface area contributed by atoms with Gasteiger partial charge in [-0.25, -0.2) is 4.79 Å². The van der Waals surface area contributed by atoms with E-state index in [9.17, 15) is 104 Å². The van der Waals surface area contributed by atoms with Crippen LogP contribution in [0.25, 0.3) is 0 Å². The van der Waals surface area contributed by atoms with Crippen molar-refractivity contribution in [3.63, 3.8) is 0 Å². The highest BCUT2D eigenvalue weighted by Crippen LogP contribution is 2.64. The maximum absolute atomic E-state index is 14.7. The van der Waals surface area contributed by atoms with Crippen LogP contribution in [-0.2, 0) is 25.7 Å². The molecule has 0 radical (unpaired) electrons. The maximum Gasteiger partial charge on any atom is 0.460 e. The summed E-state index contributed by atoms with van der Waals surface area (Å²) in [4.78, 5) is 68.5. The summed E-state index contributed by atoms with van der Waals surface area (Å²) in [6, 6.07) is 14.2. The van der Waals surface area contributed by atoms with Crippen LogP contribution in [0.5, 0.6) is 0 Å². The van der Waals surface area contributed by atoms with E-state index in [-0.39, 0.29) is 5.56 Å². The van der Waals surface area contributed by atoms with Gasteiger partial charge < -0.3 is 9.64 Å². The number of hydrogen-bond donors (Lipinski definition) is 0. The van der Waals surface area contributed by atoms with Crippen molar-refractivity contribution in [2.45, 2.75) is 79.1 Å². The van der Waals surface area contributed by atoms with Crippen LogP contribution in [0, 0.1) is 22.0 Å². The summed E-state index contributed by atoms with van der Waals surface area (Å²) < 4.78 is 239. The fourth-order valence-corrected chi connectivity index (χ4v) is 7.27. The van der Waals surface area contributed by atoms with E-state index in [1.165, 1.54) is 54.6 Å². The highest BCUT2D eigenvalue weighted by molar-refractivity contribution is 6.11. The van der Waals surface area contributed by atoms with Crippen LogP contribution in [0.2, 0.25) is 0 Å². The molecule has 0 saturated carbocycles. The molecule has 10 nitrogen and oxygen atoms in total. The number of benzene rings is 3. The van der Waals surface area contributed by atoms with Gasteiger partial charge in [0.05, 0.1) is 36.0 Å². The Kier molecular flexibility index (Phi) is 12.9. The standard InChI is InChI=1S/C38H26F17N3O7/c39-31(40,32(41,42)33(43,44)34(45,46)35(47,48)36(49,50)37(51,52)38(53,54)55)16-9-17-65-30(62)26-24-23(28(60)56(29(24)61)18-19-10-3-1-4-11-19)25(20-12-5-2-6-13-20)57(26)27(59)21-14-7-8-15-22(21)58(63)64/h1-8,10-15,23-26H,9,16-18H2/t23-,24+,25-,26-/m1/s1. The largest absolute Gasteiger partial charge is 0.464 e. The van der Waals surface area contributed by atoms with Crippen molar-refractivity contribution in [3.05, 3.63) is 112 Å². The molecule has 3 aromatic carbocycles. The maximum atomic E-state index is 14.7. The number of amides is 3. The van der Waals surface area contributed by atoms with Crippen molar-refractivity contribution in [1.29, 1.82) is 0 Å². The molecule has 0 N–H and O–H groups in total. The van der Waals surface area contributed by atoms with E-state index < -0.39 is 137 Å². The van der Waals surface area contributed by atoms with Crippen molar-refractivity contribution >= 4 is 29.4 Å². The SMILES string of the molecule is O=C(OCCCC(F)(F)C(F)(F)C(F)(F)C(F)(F)C(F)(F)C(F)(F)C(F)(F)C(F)(F)F)[C@H]1[C@H]2C(=O)N(Cc3ccccc3)C(=O)[C@H]2[C@@H](c2ccccc2)N1C(=O)c1ccccc1[N+](=O)[O-]. The minimum Gasteiger partial charge on any atom is -0.464 e. The Morgan fingerprint density at radius 3 is 1.60 bits per heavy atom. The number of hydrogen-bond acceptors (Lipinski definition) is 7. The number of para-hydroxylation sites is 1. The fraction of sp³-hybridized carbons (Fsp3) is 0.421. The number of nitrogens with zero attached hydrogens (tertiary/aromatic N) is 3. The van der Waals surface area contributed by atoms with Crippen LogP contribution in [0.4, 0.5) is 80.3 Å². The number of nitro groups is 1. The molecule has 3 amide bonds. The first-order chi connectivity index (χ1) is 29.7. The van der Waals surface area contributed by atoms with Crippen LogP contribution in [-0.4, -0.2) is 98.7 Å². The Morgan fingerprint density at radius 1 is 0.615 bits per heavy atom. The van der Waals surface area contributed by atoms with Gasteiger partial charge in [-0.15, -0.1) is 0 Å². The molecule has 2 fully saturated rings. The van der Waals surface area contributed by atoms with E-state index in [2.05, 4.69) is 0 Å². The Hall–Kier alpha value is -6.05. The molecule has 5 rings (SSSR count). The topological polar surface area (TPSA) is 127 Å². The molecular formula is C38H26F17N3O7. The minimum absolute atomic E-state index is 0.0116. The zero-order chi connectivity index (χ0) is 49.1. The highest BCUT2D eigenvalue weighted by Gasteiger charge is 2.95. The molecule has 65 heavy (non-hydrogen) atoms. The second-order valence-electron chi connectivity index (χ2n) is 14.5. The molecule has 27 heteroatoms. The average Bonchev–Trinajstić information content (AvgIpc) is 3.70. The summed E-state index contributed by atoms with van der Waals surface area (Å²) in [7, 11) is 0. The first-order valence-electron chi connectivity index (χ1n) is 18.1. The summed E-state index contributed by atoms with van der Waals surface area (Å²) in [6.07, 6.45) is -12.8. The van der Waals surface area contributed by atoms with Gasteiger partial charge in [0.2, 0.25) is 11.8 Å². The van der Waals surface area contributed by atoms with Gasteiger partial charge in [-0.1, -0.05) is 72.8 Å². The van der Waals surface area contributed by atoms with Crippen molar-refractivity contribution in [2.24, 2.45) is 11.8 Å². The van der Waals surface area contributed by atoms with Crippen LogP contribution < -0.4 is 0 Å². The molecule has 2 saturated heterocycles. The van der Waals surface area contributed by atoms with Gasteiger partial charge in [0.1, 0.15) is 11.6 Å². The van der Waals surface area contributed by atoms with Crippen LogP contribution in [0.3, 0.4) is 0 Å². The second-order valence-corrected chi connectivity index (χ2v) is 14.5. The van der Waals surface area contributed by atoms with Crippen molar-refractivity contribution in [2.75, 3.05) is 6.61 Å². The molecule has 0 bridgehead atoms. The summed E-state index contributed by atoms with van der Waals surface area (Å²) >= 11 is 0. The summed E-state index contributed by atoms with van der Waals surface area (Å²) in [5.41, 5.74) is -1.30. The van der Waals surface area contributed by atoms with Gasteiger partial charge >= 0.3 is 53.6 Å². The van der Waals surface area contributed by atoms with Gasteiger partial charge in [-0.05, 0) is 23.6 Å². The Morgan fingerprint density at radius 2 is 1.08 bits per heavy atom. The van der Waals surface area contributed by atoms with Gasteiger partial charge in [0, 0.05) is 12.5 Å². The van der Waals surface area contributed by atoms with E-state index in [4.69, 9.17) is 4.74 Å². The molecule has 4 atom stereocenters. The molecule has 0 aromatic heterocycles. The third-order valence-electron chi connectivity index (χ3n) is 10.6. The zero-order valence-electron chi connectivity index (χ0n) is 31.8. The van der Waals surface area contributed by atoms with Crippen molar-refractivity contribution in [1.82, 2.24) is 9.80 Å². The van der Waals surface area contributed by atoms with Gasteiger partial charge in [-0.2, -0.15) is 74.6 Å². The van der Waals surface area contributed by atoms with E-state index >= 15 is 0 Å². The number of imide groups is 1. The number of nitro benzene ring substituents is 1. The lowest BCUT2D eigenvalue weighted by Crippen LogP contribution is -2.74. The lowest BCUT2D eigenvalue weighted by atomic mass is 9.86. The second kappa shape index (κ2) is 16.7. The quantitative estimate of drug-likeness (QED) is 0.0350. The van der Waals surface area contributed by atoms with Gasteiger partial charge in [-0.3, -0.25) is 29.4 Å². The van der Waals surface area contributed by atoms with Crippen LogP contribution in [0.1, 0.15) is 40.4 Å². The number of halogens is 17. The summed E-state index contributed by atoms with van der Waals surface area (Å²) in [5.74, 6) is -67.2. The lowest BCUT2D eigenvalue weighted by Gasteiger charge is -2.42. The van der Waals surface area contributed by atoms with E-state index in [0.29, 0.717) is 15.4 Å². The Balaban J connectivity index is 1.47. The number of carbonyl (C=O) groups excluding carboxylic acids is 4. The van der Waals surface area contributed by atoms with Crippen molar-refractivity contribution in [3.8, 4) is 0 Å². The fourth-order valence-electron chi connectivity index (χ4n) is 7.27.